The Bertz CT molecular complexity index is 518. The van der Waals surface area contributed by atoms with Gasteiger partial charge >= 0.3 is 5.97 Å². The van der Waals surface area contributed by atoms with E-state index in [0.717, 1.165) is 17.0 Å². The minimum Gasteiger partial charge on any atom is -0.477 e. The van der Waals surface area contributed by atoms with Crippen LogP contribution in [0.1, 0.15) is 26.7 Å². The SMILES string of the molecule is Cc1cc(CNCc2ccsc2C(=O)O)no1. The standard InChI is InChI=1S/C11H12N2O3S/c1-7-4-9(13-16-7)6-12-5-8-2-3-17-10(8)11(14)15/h2-4,12H,5-6H2,1H3,(H,14,15). The number of aromatic nitrogens is 1. The van der Waals surface area contributed by atoms with Gasteiger partial charge in [-0.05, 0) is 23.9 Å². The maximum Gasteiger partial charge on any atom is 0.346 e. The number of carboxylic acids is 1. The van der Waals surface area contributed by atoms with Crippen molar-refractivity contribution in [3.8, 4) is 0 Å². The fourth-order valence-electron chi connectivity index (χ4n) is 1.49. The van der Waals surface area contributed by atoms with Crippen LogP contribution < -0.4 is 5.32 Å². The molecule has 5 nitrogen and oxygen atoms in total. The number of nitrogens with one attached hydrogen (secondary N) is 1. The Labute approximate surface area is 102 Å². The van der Waals surface area contributed by atoms with E-state index in [2.05, 4.69) is 10.5 Å². The molecule has 0 radical (unpaired) electrons. The molecule has 6 heteroatoms. The topological polar surface area (TPSA) is 75.4 Å². The lowest BCUT2D eigenvalue weighted by Gasteiger charge is -2.01. The lowest BCUT2D eigenvalue weighted by molar-refractivity contribution is 0.0701. The van der Waals surface area contributed by atoms with E-state index in [1.54, 1.807) is 5.38 Å². The van der Waals surface area contributed by atoms with E-state index >= 15 is 0 Å². The number of rotatable bonds is 5. The summed E-state index contributed by atoms with van der Waals surface area (Å²) < 4.78 is 4.93. The van der Waals surface area contributed by atoms with Crippen molar-refractivity contribution in [1.82, 2.24) is 10.5 Å². The van der Waals surface area contributed by atoms with Gasteiger partial charge in [-0.25, -0.2) is 4.79 Å². The Hall–Kier alpha value is -1.66. The molecule has 0 saturated carbocycles. The molecule has 90 valence electrons. The van der Waals surface area contributed by atoms with E-state index in [9.17, 15) is 4.79 Å². The minimum atomic E-state index is -0.880. The molecule has 0 spiro atoms. The zero-order valence-electron chi connectivity index (χ0n) is 9.27. The van der Waals surface area contributed by atoms with Crippen LogP contribution in [0.15, 0.2) is 22.0 Å². The van der Waals surface area contributed by atoms with Crippen LogP contribution in [0.4, 0.5) is 0 Å². The quantitative estimate of drug-likeness (QED) is 0.851. The minimum absolute atomic E-state index is 0.383. The van der Waals surface area contributed by atoms with Gasteiger partial charge in [-0.3, -0.25) is 0 Å². The molecule has 2 aromatic heterocycles. The number of carboxylic acid groups (broad SMARTS) is 1. The average molecular weight is 252 g/mol. The third kappa shape index (κ3) is 2.92. The molecule has 0 aliphatic rings. The summed E-state index contributed by atoms with van der Waals surface area (Å²) in [6.07, 6.45) is 0. The zero-order valence-corrected chi connectivity index (χ0v) is 10.1. The van der Waals surface area contributed by atoms with Crippen molar-refractivity contribution in [3.63, 3.8) is 0 Å². The molecule has 0 aromatic carbocycles. The molecule has 0 amide bonds. The smallest absolute Gasteiger partial charge is 0.346 e. The second-order valence-corrected chi connectivity index (χ2v) is 4.53. The van der Waals surface area contributed by atoms with E-state index in [1.807, 2.05) is 19.1 Å². The predicted octanol–water partition coefficient (Wildman–Crippen LogP) is 2.03. The second kappa shape index (κ2) is 5.11. The molecular formula is C11H12N2O3S. The van der Waals surface area contributed by atoms with Crippen LogP contribution in [-0.2, 0) is 13.1 Å². The Morgan fingerprint density at radius 3 is 3.06 bits per heavy atom. The van der Waals surface area contributed by atoms with Crippen molar-refractivity contribution < 1.29 is 14.4 Å². The number of hydrogen-bond donors (Lipinski definition) is 2. The van der Waals surface area contributed by atoms with E-state index in [-0.39, 0.29) is 0 Å². The van der Waals surface area contributed by atoms with Gasteiger partial charge in [0.15, 0.2) is 0 Å². The zero-order chi connectivity index (χ0) is 12.3. The second-order valence-electron chi connectivity index (χ2n) is 3.61. The maximum atomic E-state index is 10.9. The average Bonchev–Trinajstić information content (AvgIpc) is 2.87. The van der Waals surface area contributed by atoms with Gasteiger partial charge in [0.05, 0.1) is 5.69 Å². The normalized spacial score (nSPS) is 10.6. The molecule has 0 aliphatic heterocycles. The third-order valence-electron chi connectivity index (χ3n) is 2.24. The van der Waals surface area contributed by atoms with Crippen molar-refractivity contribution in [2.45, 2.75) is 20.0 Å². The summed E-state index contributed by atoms with van der Waals surface area (Å²) in [5.74, 6) is -0.113. The summed E-state index contributed by atoms with van der Waals surface area (Å²) in [5.41, 5.74) is 1.61. The number of nitrogens with zero attached hydrogens (tertiary/aromatic N) is 1. The van der Waals surface area contributed by atoms with Crippen LogP contribution in [-0.4, -0.2) is 16.2 Å². The van der Waals surface area contributed by atoms with Crippen LogP contribution in [0.5, 0.6) is 0 Å². The van der Waals surface area contributed by atoms with Gasteiger partial charge in [-0.15, -0.1) is 11.3 Å². The van der Waals surface area contributed by atoms with Crippen molar-refractivity contribution >= 4 is 17.3 Å². The molecule has 0 aliphatic carbocycles. The number of thiophene rings is 1. The highest BCUT2D eigenvalue weighted by Gasteiger charge is 2.11. The first-order chi connectivity index (χ1) is 8.16. The molecular weight excluding hydrogens is 240 g/mol. The monoisotopic (exact) mass is 252 g/mol. The van der Waals surface area contributed by atoms with Gasteiger partial charge in [0.25, 0.3) is 0 Å². The highest BCUT2D eigenvalue weighted by Crippen LogP contribution is 2.16. The van der Waals surface area contributed by atoms with E-state index < -0.39 is 5.97 Å². The summed E-state index contributed by atoms with van der Waals surface area (Å²) in [5, 5.41) is 17.7. The largest absolute Gasteiger partial charge is 0.477 e. The lowest BCUT2D eigenvalue weighted by Crippen LogP contribution is -2.14. The van der Waals surface area contributed by atoms with Crippen LogP contribution in [0.3, 0.4) is 0 Å². The molecule has 0 saturated heterocycles. The van der Waals surface area contributed by atoms with Gasteiger partial charge in [-0.1, -0.05) is 5.16 Å². The first-order valence-electron chi connectivity index (χ1n) is 5.09. The Morgan fingerprint density at radius 1 is 1.59 bits per heavy atom. The Balaban J connectivity index is 1.90. The fraction of sp³-hybridized carbons (Fsp3) is 0.273. The van der Waals surface area contributed by atoms with Gasteiger partial charge in [0.2, 0.25) is 0 Å². The van der Waals surface area contributed by atoms with Gasteiger partial charge in [0, 0.05) is 19.2 Å². The molecule has 0 unspecified atom stereocenters. The number of carbonyl (C=O) groups is 1. The highest BCUT2D eigenvalue weighted by atomic mass is 32.1. The number of hydrogen-bond acceptors (Lipinski definition) is 5. The molecule has 2 rings (SSSR count). The fourth-order valence-corrected chi connectivity index (χ4v) is 2.25. The van der Waals surface area contributed by atoms with Crippen LogP contribution in [0, 0.1) is 6.92 Å². The lowest BCUT2D eigenvalue weighted by atomic mass is 10.2. The number of aryl methyl sites for hydroxylation is 1. The highest BCUT2D eigenvalue weighted by molar-refractivity contribution is 7.12. The van der Waals surface area contributed by atoms with Gasteiger partial charge < -0.3 is 14.9 Å². The van der Waals surface area contributed by atoms with Crippen molar-refractivity contribution in [2.75, 3.05) is 0 Å². The van der Waals surface area contributed by atoms with E-state index in [1.165, 1.54) is 11.3 Å². The summed E-state index contributed by atoms with van der Waals surface area (Å²) in [4.78, 5) is 11.3. The molecule has 0 bridgehead atoms. The van der Waals surface area contributed by atoms with E-state index in [0.29, 0.717) is 18.0 Å². The third-order valence-corrected chi connectivity index (χ3v) is 3.18. The summed E-state index contributed by atoms with van der Waals surface area (Å²) in [6.45, 7) is 2.90. The molecule has 2 heterocycles. The van der Waals surface area contributed by atoms with Crippen LogP contribution >= 0.6 is 11.3 Å². The predicted molar refractivity (Wildman–Crippen MR) is 63.1 cm³/mol. The molecule has 0 atom stereocenters. The molecule has 2 aromatic rings. The van der Waals surface area contributed by atoms with Crippen molar-refractivity contribution in [2.24, 2.45) is 0 Å². The van der Waals surface area contributed by atoms with Gasteiger partial charge in [-0.2, -0.15) is 0 Å². The van der Waals surface area contributed by atoms with Crippen molar-refractivity contribution in [3.05, 3.63) is 39.4 Å². The van der Waals surface area contributed by atoms with Crippen LogP contribution in [0.2, 0.25) is 0 Å². The summed E-state index contributed by atoms with van der Waals surface area (Å²) in [6, 6.07) is 3.66. The Kier molecular flexibility index (Phi) is 3.55. The maximum absolute atomic E-state index is 10.9. The molecule has 2 N–H and O–H groups in total. The number of aromatic carboxylic acids is 1. The van der Waals surface area contributed by atoms with Crippen molar-refractivity contribution in [1.29, 1.82) is 0 Å². The van der Waals surface area contributed by atoms with Crippen LogP contribution in [0.25, 0.3) is 0 Å². The summed E-state index contributed by atoms with van der Waals surface area (Å²) in [7, 11) is 0. The molecule has 0 fully saturated rings. The first kappa shape index (κ1) is 11.8. The van der Waals surface area contributed by atoms with E-state index in [4.69, 9.17) is 9.63 Å². The first-order valence-corrected chi connectivity index (χ1v) is 5.97. The van der Waals surface area contributed by atoms with Gasteiger partial charge in [0.1, 0.15) is 10.6 Å². The Morgan fingerprint density at radius 2 is 2.41 bits per heavy atom. The summed E-state index contributed by atoms with van der Waals surface area (Å²) >= 11 is 1.23. The molecule has 17 heavy (non-hydrogen) atoms.